The van der Waals surface area contributed by atoms with Crippen LogP contribution in [0.2, 0.25) is 5.02 Å². The van der Waals surface area contributed by atoms with Gasteiger partial charge in [0.25, 0.3) is 0 Å². The third-order valence-electron chi connectivity index (χ3n) is 2.59. The van der Waals surface area contributed by atoms with E-state index in [1.807, 2.05) is 0 Å². The van der Waals surface area contributed by atoms with Crippen LogP contribution in [0.1, 0.15) is 0 Å². The van der Waals surface area contributed by atoms with Crippen molar-refractivity contribution >= 4 is 23.1 Å². The zero-order valence-corrected chi connectivity index (χ0v) is 9.89. The molecule has 1 aromatic carbocycles. The summed E-state index contributed by atoms with van der Waals surface area (Å²) in [6, 6.07) is 6.25. The van der Waals surface area contributed by atoms with Crippen molar-refractivity contribution in [2.24, 2.45) is 0 Å². The summed E-state index contributed by atoms with van der Waals surface area (Å²) < 4.78 is 14.9. The summed E-state index contributed by atoms with van der Waals surface area (Å²) in [6.07, 6.45) is 3.38. The Morgan fingerprint density at radius 3 is 2.83 bits per heavy atom. The number of hydrogen-bond donors (Lipinski definition) is 1. The van der Waals surface area contributed by atoms with Gasteiger partial charge < -0.3 is 5.73 Å². The molecule has 0 saturated carbocycles. The number of hydrogen-bond acceptors (Lipinski definition) is 3. The Morgan fingerprint density at radius 1 is 1.22 bits per heavy atom. The van der Waals surface area contributed by atoms with E-state index in [2.05, 4.69) is 10.1 Å². The summed E-state index contributed by atoms with van der Waals surface area (Å²) in [7, 11) is 0. The molecule has 0 unspecified atom stereocenters. The van der Waals surface area contributed by atoms with E-state index in [0.717, 1.165) is 5.56 Å². The summed E-state index contributed by atoms with van der Waals surface area (Å²) in [5, 5.41) is 4.15. The van der Waals surface area contributed by atoms with E-state index >= 15 is 0 Å². The van der Waals surface area contributed by atoms with Gasteiger partial charge in [0.1, 0.15) is 11.6 Å². The van der Waals surface area contributed by atoms with Gasteiger partial charge >= 0.3 is 0 Å². The van der Waals surface area contributed by atoms with Crippen LogP contribution >= 0.6 is 11.6 Å². The van der Waals surface area contributed by atoms with E-state index in [-0.39, 0.29) is 5.02 Å². The van der Waals surface area contributed by atoms with Crippen LogP contribution in [0, 0.1) is 5.82 Å². The van der Waals surface area contributed by atoms with E-state index in [1.54, 1.807) is 29.0 Å². The van der Waals surface area contributed by atoms with E-state index in [4.69, 9.17) is 17.3 Å². The van der Waals surface area contributed by atoms with Crippen LogP contribution in [-0.2, 0) is 0 Å². The van der Waals surface area contributed by atoms with Gasteiger partial charge in [-0.25, -0.2) is 13.9 Å². The van der Waals surface area contributed by atoms with Crippen molar-refractivity contribution < 1.29 is 4.39 Å². The molecule has 0 radical (unpaired) electrons. The first-order valence-electron chi connectivity index (χ1n) is 5.20. The molecule has 0 aliphatic carbocycles. The van der Waals surface area contributed by atoms with Crippen LogP contribution in [0.25, 0.3) is 16.8 Å². The van der Waals surface area contributed by atoms with Crippen molar-refractivity contribution in [3.8, 4) is 11.1 Å². The average molecular weight is 263 g/mol. The van der Waals surface area contributed by atoms with Gasteiger partial charge in [-0.05, 0) is 17.7 Å². The van der Waals surface area contributed by atoms with Crippen molar-refractivity contribution in [2.45, 2.75) is 0 Å². The van der Waals surface area contributed by atoms with Gasteiger partial charge in [0.2, 0.25) is 0 Å². The summed E-state index contributed by atoms with van der Waals surface area (Å²) >= 11 is 5.64. The monoisotopic (exact) mass is 262 g/mol. The molecule has 0 aliphatic rings. The largest absolute Gasteiger partial charge is 0.382 e. The van der Waals surface area contributed by atoms with Crippen LogP contribution in [-0.4, -0.2) is 14.6 Å². The molecule has 18 heavy (non-hydrogen) atoms. The summed E-state index contributed by atoms with van der Waals surface area (Å²) in [4.78, 5) is 4.20. The number of aromatic nitrogens is 3. The van der Waals surface area contributed by atoms with E-state index in [9.17, 15) is 4.39 Å². The van der Waals surface area contributed by atoms with Crippen molar-refractivity contribution in [2.75, 3.05) is 5.73 Å². The first-order chi connectivity index (χ1) is 8.63. The fraction of sp³-hybridized carbons (Fsp3) is 0. The predicted molar refractivity (Wildman–Crippen MR) is 67.8 cm³/mol. The van der Waals surface area contributed by atoms with Gasteiger partial charge in [-0.3, -0.25) is 0 Å². The molecule has 0 fully saturated rings. The van der Waals surface area contributed by atoms with Crippen LogP contribution in [0.4, 0.5) is 10.2 Å². The number of fused-ring (bicyclic) bond motifs is 1. The van der Waals surface area contributed by atoms with Gasteiger partial charge in [0, 0.05) is 24.0 Å². The minimum Gasteiger partial charge on any atom is -0.382 e. The molecule has 0 spiro atoms. The maximum atomic E-state index is 13.4. The Morgan fingerprint density at radius 2 is 2.06 bits per heavy atom. The smallest absolute Gasteiger partial charge is 0.157 e. The zero-order chi connectivity index (χ0) is 12.7. The first kappa shape index (κ1) is 11.0. The second kappa shape index (κ2) is 3.96. The minimum absolute atomic E-state index is 0.0936. The number of nitrogens with two attached hydrogens (primary N) is 1. The van der Waals surface area contributed by atoms with Crippen molar-refractivity contribution in [1.29, 1.82) is 0 Å². The second-order valence-electron chi connectivity index (χ2n) is 3.84. The molecule has 0 aliphatic heterocycles. The van der Waals surface area contributed by atoms with Crippen LogP contribution in [0.3, 0.4) is 0 Å². The Balaban J connectivity index is 2.15. The molecule has 2 N–H and O–H groups in total. The third-order valence-corrected chi connectivity index (χ3v) is 2.89. The van der Waals surface area contributed by atoms with Crippen LogP contribution < -0.4 is 5.73 Å². The lowest BCUT2D eigenvalue weighted by Crippen LogP contribution is -1.92. The molecule has 0 amide bonds. The molecule has 6 heteroatoms. The first-order valence-corrected chi connectivity index (χ1v) is 5.57. The standard InChI is InChI=1S/C12H8ClFN4/c13-9-2-1-7(3-10(9)14)8-5-16-12-4-11(15)17-18(12)6-8/h1-6H,(H2,15,17). The fourth-order valence-corrected chi connectivity index (χ4v) is 1.84. The van der Waals surface area contributed by atoms with E-state index < -0.39 is 5.82 Å². The van der Waals surface area contributed by atoms with Crippen molar-refractivity contribution in [3.63, 3.8) is 0 Å². The zero-order valence-electron chi connectivity index (χ0n) is 9.14. The number of benzene rings is 1. The SMILES string of the molecule is Nc1cc2ncc(-c3ccc(Cl)c(F)c3)cn2n1. The minimum atomic E-state index is -0.464. The molecule has 3 aromatic rings. The fourth-order valence-electron chi connectivity index (χ4n) is 1.72. The highest BCUT2D eigenvalue weighted by Gasteiger charge is 2.06. The molecule has 0 atom stereocenters. The van der Waals surface area contributed by atoms with Gasteiger partial charge in [-0.1, -0.05) is 17.7 Å². The Kier molecular flexibility index (Phi) is 2.41. The lowest BCUT2D eigenvalue weighted by atomic mass is 10.1. The second-order valence-corrected chi connectivity index (χ2v) is 4.25. The normalized spacial score (nSPS) is 11.0. The molecule has 0 saturated heterocycles. The average Bonchev–Trinajstić information content (AvgIpc) is 2.71. The third kappa shape index (κ3) is 1.78. The van der Waals surface area contributed by atoms with Gasteiger partial charge in [-0.2, -0.15) is 0 Å². The molecule has 2 heterocycles. The lowest BCUT2D eigenvalue weighted by Gasteiger charge is -2.03. The van der Waals surface area contributed by atoms with Crippen LogP contribution in [0.15, 0.2) is 36.7 Å². The quantitative estimate of drug-likeness (QED) is 0.734. The molecule has 2 aromatic heterocycles. The van der Waals surface area contributed by atoms with Gasteiger partial charge in [0.05, 0.1) is 5.02 Å². The molecule has 4 nitrogen and oxygen atoms in total. The Hall–Kier alpha value is -2.14. The predicted octanol–water partition coefficient (Wildman–Crippen LogP) is 2.77. The Labute approximate surface area is 107 Å². The van der Waals surface area contributed by atoms with Crippen LogP contribution in [0.5, 0.6) is 0 Å². The summed E-state index contributed by atoms with van der Waals surface area (Å²) in [6.45, 7) is 0. The van der Waals surface area contributed by atoms with E-state index in [0.29, 0.717) is 17.0 Å². The number of anilines is 1. The van der Waals surface area contributed by atoms with Crippen molar-refractivity contribution in [1.82, 2.24) is 14.6 Å². The number of nitrogens with zero attached hydrogens (tertiary/aromatic N) is 3. The molecule has 90 valence electrons. The van der Waals surface area contributed by atoms with Crippen molar-refractivity contribution in [3.05, 3.63) is 47.5 Å². The summed E-state index contributed by atoms with van der Waals surface area (Å²) in [5.41, 5.74) is 7.64. The number of nitrogen functional groups attached to an aromatic ring is 1. The topological polar surface area (TPSA) is 56.2 Å². The summed E-state index contributed by atoms with van der Waals surface area (Å²) in [5.74, 6) is -0.0730. The lowest BCUT2D eigenvalue weighted by molar-refractivity contribution is 0.629. The Bertz CT molecular complexity index is 738. The highest BCUT2D eigenvalue weighted by molar-refractivity contribution is 6.30. The highest BCUT2D eigenvalue weighted by atomic mass is 35.5. The maximum absolute atomic E-state index is 13.4. The van der Waals surface area contributed by atoms with E-state index in [1.165, 1.54) is 12.1 Å². The molecular formula is C12H8ClFN4. The maximum Gasteiger partial charge on any atom is 0.157 e. The molecule has 3 rings (SSSR count). The number of halogens is 2. The highest BCUT2D eigenvalue weighted by Crippen LogP contribution is 2.24. The van der Waals surface area contributed by atoms with Gasteiger partial charge in [-0.15, -0.1) is 5.10 Å². The van der Waals surface area contributed by atoms with Gasteiger partial charge in [0.15, 0.2) is 5.65 Å². The molecule has 0 bridgehead atoms. The number of rotatable bonds is 1. The molecular weight excluding hydrogens is 255 g/mol.